The normalized spacial score (nSPS) is 18.6. The van der Waals surface area contributed by atoms with Crippen LogP contribution >= 0.6 is 0 Å². The van der Waals surface area contributed by atoms with Crippen LogP contribution in [0, 0.1) is 5.82 Å². The van der Waals surface area contributed by atoms with Crippen LogP contribution in [-0.2, 0) is 4.79 Å². The molecule has 0 bridgehead atoms. The fourth-order valence-corrected chi connectivity index (χ4v) is 2.27. The Morgan fingerprint density at radius 3 is 2.82 bits per heavy atom. The molecule has 0 saturated heterocycles. The molecule has 3 nitrogen and oxygen atoms in total. The number of likely N-dealkylation sites (N-methyl/N-ethyl adjacent to an activating group) is 1. The zero-order valence-electron chi connectivity index (χ0n) is 10.2. The summed E-state index contributed by atoms with van der Waals surface area (Å²) >= 11 is 0. The summed E-state index contributed by atoms with van der Waals surface area (Å²) in [5.74, 6) is -0.271. The summed E-state index contributed by atoms with van der Waals surface area (Å²) in [7, 11) is 0. The van der Waals surface area contributed by atoms with Crippen molar-refractivity contribution in [3.05, 3.63) is 29.6 Å². The van der Waals surface area contributed by atoms with E-state index in [4.69, 9.17) is 0 Å². The molecule has 0 saturated carbocycles. The molecule has 1 N–H and O–H groups in total. The van der Waals surface area contributed by atoms with Crippen LogP contribution in [0.2, 0.25) is 0 Å². The van der Waals surface area contributed by atoms with Crippen molar-refractivity contribution in [2.24, 2.45) is 0 Å². The second-order valence-electron chi connectivity index (χ2n) is 4.18. The second kappa shape index (κ2) is 4.84. The molecule has 1 heterocycles. The first-order valence-electron chi connectivity index (χ1n) is 6.03. The van der Waals surface area contributed by atoms with Crippen molar-refractivity contribution in [1.82, 2.24) is 5.32 Å². The first-order valence-corrected chi connectivity index (χ1v) is 6.03. The number of nitrogens with zero attached hydrogens (tertiary/aromatic N) is 1. The van der Waals surface area contributed by atoms with Crippen LogP contribution in [0.15, 0.2) is 18.2 Å². The lowest BCUT2D eigenvalue weighted by atomic mass is 10.1. The number of rotatable bonds is 4. The van der Waals surface area contributed by atoms with Gasteiger partial charge < -0.3 is 10.2 Å². The van der Waals surface area contributed by atoms with Gasteiger partial charge in [-0.2, -0.15) is 0 Å². The van der Waals surface area contributed by atoms with Gasteiger partial charge in [-0.05, 0) is 31.2 Å². The van der Waals surface area contributed by atoms with E-state index in [1.807, 2.05) is 13.8 Å². The van der Waals surface area contributed by atoms with Gasteiger partial charge in [0.1, 0.15) is 11.9 Å². The van der Waals surface area contributed by atoms with Crippen molar-refractivity contribution in [1.29, 1.82) is 0 Å². The standard InChI is InChI=1S/C13H17FN2O/c1-3-7-16-11-6-5-9(14)8-10(11)12(13(16)17)15-4-2/h5-6,8,12,15H,3-4,7H2,1-2H3. The molecule has 0 fully saturated rings. The molecule has 17 heavy (non-hydrogen) atoms. The molecule has 1 unspecified atom stereocenters. The van der Waals surface area contributed by atoms with Gasteiger partial charge in [0, 0.05) is 17.8 Å². The Labute approximate surface area is 101 Å². The molecule has 92 valence electrons. The van der Waals surface area contributed by atoms with Crippen LogP contribution in [0.1, 0.15) is 31.9 Å². The minimum atomic E-state index is -0.391. The van der Waals surface area contributed by atoms with Crippen LogP contribution in [0.5, 0.6) is 0 Å². The number of amides is 1. The maximum Gasteiger partial charge on any atom is 0.248 e. The van der Waals surface area contributed by atoms with Crippen molar-refractivity contribution < 1.29 is 9.18 Å². The Kier molecular flexibility index (Phi) is 3.43. The van der Waals surface area contributed by atoms with E-state index in [1.165, 1.54) is 12.1 Å². The van der Waals surface area contributed by atoms with Crippen molar-refractivity contribution >= 4 is 11.6 Å². The molecule has 1 aromatic rings. The maximum atomic E-state index is 13.3. The Morgan fingerprint density at radius 1 is 1.41 bits per heavy atom. The molecule has 2 rings (SSSR count). The molecule has 0 spiro atoms. The molecule has 1 aromatic carbocycles. The molecular weight excluding hydrogens is 219 g/mol. The lowest BCUT2D eigenvalue weighted by molar-refractivity contribution is -0.120. The molecule has 0 aliphatic carbocycles. The number of anilines is 1. The lowest BCUT2D eigenvalue weighted by Gasteiger charge is -2.16. The fraction of sp³-hybridized carbons (Fsp3) is 0.462. The third kappa shape index (κ3) is 2.05. The quantitative estimate of drug-likeness (QED) is 0.869. The molecule has 1 atom stereocenters. The highest BCUT2D eigenvalue weighted by molar-refractivity contribution is 6.04. The van der Waals surface area contributed by atoms with Crippen LogP contribution in [0.3, 0.4) is 0 Å². The third-order valence-corrected chi connectivity index (χ3v) is 2.96. The molecule has 1 aliphatic heterocycles. The summed E-state index contributed by atoms with van der Waals surface area (Å²) in [5.41, 5.74) is 1.59. The minimum Gasteiger partial charge on any atom is -0.310 e. The van der Waals surface area contributed by atoms with E-state index in [2.05, 4.69) is 5.32 Å². The highest BCUT2D eigenvalue weighted by Crippen LogP contribution is 2.36. The highest BCUT2D eigenvalue weighted by Gasteiger charge is 2.36. The number of nitrogens with one attached hydrogen (secondary N) is 1. The SMILES string of the molecule is CCCN1C(=O)C(NCC)c2cc(F)ccc21. The van der Waals surface area contributed by atoms with Crippen molar-refractivity contribution in [3.63, 3.8) is 0 Å². The summed E-state index contributed by atoms with van der Waals surface area (Å²) in [6.45, 7) is 5.33. The number of hydrogen-bond acceptors (Lipinski definition) is 2. The number of carbonyl (C=O) groups excluding carboxylic acids is 1. The summed E-state index contributed by atoms with van der Waals surface area (Å²) < 4.78 is 13.3. The fourth-order valence-electron chi connectivity index (χ4n) is 2.27. The predicted octanol–water partition coefficient (Wildman–Crippen LogP) is 2.23. The van der Waals surface area contributed by atoms with E-state index in [1.54, 1.807) is 11.0 Å². The van der Waals surface area contributed by atoms with Gasteiger partial charge in [-0.25, -0.2) is 4.39 Å². The summed E-state index contributed by atoms with van der Waals surface area (Å²) in [5, 5.41) is 3.11. The van der Waals surface area contributed by atoms with Crippen LogP contribution in [-0.4, -0.2) is 19.0 Å². The number of benzene rings is 1. The highest BCUT2D eigenvalue weighted by atomic mass is 19.1. The third-order valence-electron chi connectivity index (χ3n) is 2.96. The number of hydrogen-bond donors (Lipinski definition) is 1. The smallest absolute Gasteiger partial charge is 0.248 e. The number of carbonyl (C=O) groups is 1. The van der Waals surface area contributed by atoms with Gasteiger partial charge in [-0.1, -0.05) is 13.8 Å². The van der Waals surface area contributed by atoms with E-state index in [9.17, 15) is 9.18 Å². The van der Waals surface area contributed by atoms with E-state index in [0.717, 1.165) is 17.7 Å². The van der Waals surface area contributed by atoms with Gasteiger partial charge in [0.25, 0.3) is 0 Å². The zero-order valence-corrected chi connectivity index (χ0v) is 10.2. The predicted molar refractivity (Wildman–Crippen MR) is 65.5 cm³/mol. The first kappa shape index (κ1) is 12.0. The second-order valence-corrected chi connectivity index (χ2v) is 4.18. The minimum absolute atomic E-state index is 0.0225. The number of halogens is 1. The van der Waals surface area contributed by atoms with Gasteiger partial charge >= 0.3 is 0 Å². The van der Waals surface area contributed by atoms with E-state index >= 15 is 0 Å². The molecular formula is C13H17FN2O. The summed E-state index contributed by atoms with van der Waals surface area (Å²) in [4.78, 5) is 13.9. The Balaban J connectivity index is 2.41. The van der Waals surface area contributed by atoms with Crippen molar-refractivity contribution in [2.75, 3.05) is 18.0 Å². The number of fused-ring (bicyclic) bond motifs is 1. The molecule has 0 radical (unpaired) electrons. The van der Waals surface area contributed by atoms with E-state index < -0.39 is 6.04 Å². The summed E-state index contributed by atoms with van der Waals surface area (Å²) in [6, 6.07) is 4.16. The average molecular weight is 236 g/mol. The molecule has 1 amide bonds. The Bertz CT molecular complexity index is 433. The first-order chi connectivity index (χ1) is 8.19. The van der Waals surface area contributed by atoms with E-state index in [-0.39, 0.29) is 11.7 Å². The van der Waals surface area contributed by atoms with Gasteiger partial charge in [-0.15, -0.1) is 0 Å². The van der Waals surface area contributed by atoms with Gasteiger partial charge in [0.15, 0.2) is 0 Å². The van der Waals surface area contributed by atoms with Crippen molar-refractivity contribution in [2.45, 2.75) is 26.3 Å². The maximum absolute atomic E-state index is 13.3. The zero-order chi connectivity index (χ0) is 12.4. The van der Waals surface area contributed by atoms with Gasteiger partial charge in [-0.3, -0.25) is 4.79 Å². The van der Waals surface area contributed by atoms with Crippen LogP contribution in [0.4, 0.5) is 10.1 Å². The van der Waals surface area contributed by atoms with Crippen LogP contribution in [0.25, 0.3) is 0 Å². The van der Waals surface area contributed by atoms with Gasteiger partial charge in [0.05, 0.1) is 0 Å². The molecule has 1 aliphatic rings. The molecule has 0 aromatic heterocycles. The van der Waals surface area contributed by atoms with E-state index in [0.29, 0.717) is 13.1 Å². The van der Waals surface area contributed by atoms with Crippen LogP contribution < -0.4 is 10.2 Å². The lowest BCUT2D eigenvalue weighted by Crippen LogP contribution is -2.35. The molecule has 4 heteroatoms. The largest absolute Gasteiger partial charge is 0.310 e. The van der Waals surface area contributed by atoms with Crippen molar-refractivity contribution in [3.8, 4) is 0 Å². The monoisotopic (exact) mass is 236 g/mol. The topological polar surface area (TPSA) is 32.3 Å². The summed E-state index contributed by atoms with van der Waals surface area (Å²) in [6.07, 6.45) is 0.890. The Morgan fingerprint density at radius 2 is 2.18 bits per heavy atom. The Hall–Kier alpha value is -1.42. The van der Waals surface area contributed by atoms with Gasteiger partial charge in [0.2, 0.25) is 5.91 Å². The average Bonchev–Trinajstić information content (AvgIpc) is 2.55.